The third-order valence-electron chi connectivity index (χ3n) is 3.80. The highest BCUT2D eigenvalue weighted by atomic mass is 35.5. The molecule has 0 radical (unpaired) electrons. The van der Waals surface area contributed by atoms with Crippen molar-refractivity contribution in [3.05, 3.63) is 41.7 Å². The summed E-state index contributed by atoms with van der Waals surface area (Å²) in [5, 5.41) is 19.5. The number of urea groups is 1. The lowest BCUT2D eigenvalue weighted by Crippen LogP contribution is -2.48. The van der Waals surface area contributed by atoms with Crippen molar-refractivity contribution >= 4 is 23.3 Å². The number of nitrogens with zero attached hydrogens (tertiary/aromatic N) is 2. The van der Waals surface area contributed by atoms with E-state index in [1.807, 2.05) is 32.0 Å². The molecule has 0 saturated heterocycles. The maximum absolute atomic E-state index is 12.1. The normalized spacial score (nSPS) is 13.4. The van der Waals surface area contributed by atoms with Gasteiger partial charge in [-0.3, -0.25) is 0 Å². The van der Waals surface area contributed by atoms with Crippen LogP contribution in [0.25, 0.3) is 5.69 Å². The van der Waals surface area contributed by atoms with Gasteiger partial charge in [0.1, 0.15) is 0 Å². The van der Waals surface area contributed by atoms with E-state index >= 15 is 0 Å². The minimum atomic E-state index is -0.447. The Morgan fingerprint density at radius 1 is 1.43 bits per heavy atom. The number of carbonyl (C=O) groups excluding carboxylic acids is 1. The Balaban J connectivity index is 2.05. The lowest BCUT2D eigenvalue weighted by molar-refractivity contribution is 0.208. The molecule has 0 aliphatic heterocycles. The van der Waals surface area contributed by atoms with Crippen LogP contribution in [0.5, 0.6) is 0 Å². The lowest BCUT2D eigenvalue weighted by atomic mass is 9.95. The van der Waals surface area contributed by atoms with Crippen molar-refractivity contribution in [2.75, 3.05) is 11.9 Å². The molecule has 23 heavy (non-hydrogen) atoms. The van der Waals surface area contributed by atoms with Crippen LogP contribution in [0.3, 0.4) is 0 Å². The van der Waals surface area contributed by atoms with Crippen molar-refractivity contribution in [2.24, 2.45) is 0 Å². The van der Waals surface area contributed by atoms with Crippen LogP contribution in [0.15, 0.2) is 36.7 Å². The van der Waals surface area contributed by atoms with Crippen LogP contribution in [0, 0.1) is 0 Å². The zero-order valence-corrected chi connectivity index (χ0v) is 14.0. The van der Waals surface area contributed by atoms with Gasteiger partial charge in [0.05, 0.1) is 28.8 Å². The molecule has 1 unspecified atom stereocenters. The Labute approximate surface area is 140 Å². The fourth-order valence-electron chi connectivity index (χ4n) is 2.17. The fourth-order valence-corrected chi connectivity index (χ4v) is 2.39. The third-order valence-corrected chi connectivity index (χ3v) is 4.12. The van der Waals surface area contributed by atoms with Crippen LogP contribution in [0.2, 0.25) is 5.02 Å². The number of anilines is 1. The first-order valence-corrected chi connectivity index (χ1v) is 7.85. The van der Waals surface area contributed by atoms with Crippen LogP contribution in [0.4, 0.5) is 10.5 Å². The summed E-state index contributed by atoms with van der Waals surface area (Å²) in [5.74, 6) is 0. The van der Waals surface area contributed by atoms with Crippen molar-refractivity contribution in [1.82, 2.24) is 15.1 Å². The Hall–Kier alpha value is -2.05. The van der Waals surface area contributed by atoms with Crippen molar-refractivity contribution in [3.63, 3.8) is 0 Å². The molecule has 124 valence electrons. The van der Waals surface area contributed by atoms with E-state index in [9.17, 15) is 4.79 Å². The first-order chi connectivity index (χ1) is 11.0. The van der Waals surface area contributed by atoms with Gasteiger partial charge in [-0.1, -0.05) is 30.7 Å². The number of para-hydroxylation sites is 1. The molecule has 2 amide bonds. The molecular weight excluding hydrogens is 316 g/mol. The first-order valence-electron chi connectivity index (χ1n) is 7.47. The maximum Gasteiger partial charge on any atom is 0.319 e. The summed E-state index contributed by atoms with van der Waals surface area (Å²) in [6.07, 6.45) is 4.46. The van der Waals surface area contributed by atoms with Gasteiger partial charge in [-0.2, -0.15) is 5.10 Å². The molecule has 7 heteroatoms. The van der Waals surface area contributed by atoms with E-state index in [2.05, 4.69) is 15.7 Å². The Morgan fingerprint density at radius 3 is 2.83 bits per heavy atom. The number of aliphatic hydroxyl groups excluding tert-OH is 1. The van der Waals surface area contributed by atoms with Crippen LogP contribution in [0.1, 0.15) is 26.7 Å². The number of benzene rings is 1. The molecule has 1 heterocycles. The number of carbonyl (C=O) groups is 1. The second-order valence-corrected chi connectivity index (χ2v) is 6.00. The number of aliphatic hydroxyl groups is 1. The monoisotopic (exact) mass is 336 g/mol. The molecule has 6 nitrogen and oxygen atoms in total. The summed E-state index contributed by atoms with van der Waals surface area (Å²) in [4.78, 5) is 12.1. The van der Waals surface area contributed by atoms with Gasteiger partial charge in [-0.05, 0) is 31.9 Å². The largest absolute Gasteiger partial charge is 0.396 e. The summed E-state index contributed by atoms with van der Waals surface area (Å²) in [6.45, 7) is 3.89. The standard InChI is InChI=1S/C16H21ClN4O2/c1-3-16(2,8-9-22)20-15(23)19-12-10-18-21(11-12)14-7-5-4-6-13(14)17/h4-7,10-11,22H,3,8-9H2,1-2H3,(H2,19,20,23). The average Bonchev–Trinajstić information content (AvgIpc) is 2.96. The Bertz CT molecular complexity index is 674. The molecule has 3 N–H and O–H groups in total. The number of hydrogen-bond acceptors (Lipinski definition) is 3. The molecule has 2 rings (SSSR count). The number of amides is 2. The average molecular weight is 337 g/mol. The molecule has 0 saturated carbocycles. The van der Waals surface area contributed by atoms with Crippen LogP contribution < -0.4 is 10.6 Å². The number of aromatic nitrogens is 2. The highest BCUT2D eigenvalue weighted by Crippen LogP contribution is 2.20. The van der Waals surface area contributed by atoms with Crippen molar-refractivity contribution in [1.29, 1.82) is 0 Å². The predicted molar refractivity (Wildman–Crippen MR) is 91.1 cm³/mol. The van der Waals surface area contributed by atoms with Gasteiger partial charge < -0.3 is 15.7 Å². The molecular formula is C16H21ClN4O2. The SMILES string of the molecule is CCC(C)(CCO)NC(=O)Nc1cnn(-c2ccccc2Cl)c1. The molecule has 1 atom stereocenters. The van der Waals surface area contributed by atoms with Gasteiger partial charge in [-0.15, -0.1) is 0 Å². The molecule has 0 fully saturated rings. The topological polar surface area (TPSA) is 79.2 Å². The molecule has 0 spiro atoms. The maximum atomic E-state index is 12.1. The molecule has 0 aliphatic carbocycles. The van der Waals surface area contributed by atoms with E-state index in [4.69, 9.17) is 16.7 Å². The zero-order valence-electron chi connectivity index (χ0n) is 13.2. The molecule has 2 aromatic rings. The van der Waals surface area contributed by atoms with Crippen molar-refractivity contribution in [3.8, 4) is 5.69 Å². The number of nitrogens with one attached hydrogen (secondary N) is 2. The summed E-state index contributed by atoms with van der Waals surface area (Å²) < 4.78 is 1.60. The van der Waals surface area contributed by atoms with Gasteiger partial charge in [0.25, 0.3) is 0 Å². The predicted octanol–water partition coefficient (Wildman–Crippen LogP) is 3.20. The minimum Gasteiger partial charge on any atom is -0.396 e. The summed E-state index contributed by atoms with van der Waals surface area (Å²) in [7, 11) is 0. The number of rotatable bonds is 6. The van der Waals surface area contributed by atoms with Crippen molar-refractivity contribution < 1.29 is 9.90 Å². The van der Waals surface area contributed by atoms with E-state index in [0.29, 0.717) is 17.1 Å². The molecule has 0 aliphatic rings. The van der Waals surface area contributed by atoms with E-state index in [1.54, 1.807) is 23.1 Å². The van der Waals surface area contributed by atoms with Gasteiger partial charge in [-0.25, -0.2) is 9.48 Å². The molecule has 1 aromatic heterocycles. The highest BCUT2D eigenvalue weighted by Gasteiger charge is 2.23. The fraction of sp³-hybridized carbons (Fsp3) is 0.375. The smallest absolute Gasteiger partial charge is 0.319 e. The van der Waals surface area contributed by atoms with Gasteiger partial charge in [0.2, 0.25) is 0 Å². The van der Waals surface area contributed by atoms with E-state index < -0.39 is 5.54 Å². The first kappa shape index (κ1) is 17.3. The summed E-state index contributed by atoms with van der Waals surface area (Å²) in [5.41, 5.74) is 0.851. The van der Waals surface area contributed by atoms with Gasteiger partial charge in [0, 0.05) is 12.1 Å². The van der Waals surface area contributed by atoms with E-state index in [-0.39, 0.29) is 12.6 Å². The molecule has 0 bridgehead atoms. The Kier molecular flexibility index (Phi) is 5.63. The van der Waals surface area contributed by atoms with E-state index in [1.165, 1.54) is 0 Å². The summed E-state index contributed by atoms with van der Waals surface area (Å²) >= 11 is 6.13. The number of hydrogen-bond donors (Lipinski definition) is 3. The zero-order chi connectivity index (χ0) is 16.9. The highest BCUT2D eigenvalue weighted by molar-refractivity contribution is 6.32. The summed E-state index contributed by atoms with van der Waals surface area (Å²) in [6, 6.07) is 6.99. The van der Waals surface area contributed by atoms with Gasteiger partial charge >= 0.3 is 6.03 Å². The minimum absolute atomic E-state index is 0.0229. The van der Waals surface area contributed by atoms with Gasteiger partial charge in [0.15, 0.2) is 0 Å². The lowest BCUT2D eigenvalue weighted by Gasteiger charge is -2.28. The number of halogens is 1. The molecule has 1 aromatic carbocycles. The van der Waals surface area contributed by atoms with E-state index in [0.717, 1.165) is 12.1 Å². The van der Waals surface area contributed by atoms with Crippen molar-refractivity contribution in [2.45, 2.75) is 32.2 Å². The van der Waals surface area contributed by atoms with Crippen LogP contribution in [-0.4, -0.2) is 33.1 Å². The van der Waals surface area contributed by atoms with Crippen LogP contribution in [-0.2, 0) is 0 Å². The second kappa shape index (κ2) is 7.48. The quantitative estimate of drug-likeness (QED) is 0.758. The third kappa shape index (κ3) is 4.46. The Morgan fingerprint density at radius 2 is 2.17 bits per heavy atom. The van der Waals surface area contributed by atoms with Crippen LogP contribution >= 0.6 is 11.6 Å². The second-order valence-electron chi connectivity index (χ2n) is 5.59.